The highest BCUT2D eigenvalue weighted by Crippen LogP contribution is 2.19. The maximum atomic E-state index is 12.8. The number of hydrogen-bond donors (Lipinski definition) is 8. The fraction of sp³-hybridized carbons (Fsp3) is 0.350. The maximum absolute atomic E-state index is 12.8. The van der Waals surface area contributed by atoms with Gasteiger partial charge in [0.25, 0.3) is 0 Å². The van der Waals surface area contributed by atoms with E-state index < -0.39 is 60.7 Å². The number of benzene rings is 1. The number of nitrogens with one attached hydrogen (secondary N) is 4. The zero-order valence-corrected chi connectivity index (χ0v) is 18.4. The van der Waals surface area contributed by atoms with Crippen molar-refractivity contribution in [2.75, 3.05) is 12.3 Å². The molecular weight excluding hydrogens is 452 g/mol. The Kier molecular flexibility index (Phi) is 9.24. The van der Waals surface area contributed by atoms with Crippen LogP contribution in [0.3, 0.4) is 0 Å². The molecule has 1 aromatic carbocycles. The molecule has 9 N–H and O–H groups in total. The summed E-state index contributed by atoms with van der Waals surface area (Å²) in [4.78, 5) is 62.3. The van der Waals surface area contributed by atoms with E-state index in [1.54, 1.807) is 6.20 Å². The Morgan fingerprint density at radius 2 is 1.76 bits per heavy atom. The number of amides is 4. The molecular formula is C20H26N6O6S. The molecule has 0 aliphatic rings. The number of carbonyl (C=O) groups excluding carboxylic acids is 4. The largest absolute Gasteiger partial charge is 0.480 e. The van der Waals surface area contributed by atoms with Crippen LogP contribution in [0.25, 0.3) is 10.9 Å². The molecule has 0 radical (unpaired) electrons. The van der Waals surface area contributed by atoms with Gasteiger partial charge in [-0.1, -0.05) is 18.2 Å². The van der Waals surface area contributed by atoms with Crippen LogP contribution in [0.4, 0.5) is 0 Å². The van der Waals surface area contributed by atoms with E-state index in [9.17, 15) is 24.0 Å². The Balaban J connectivity index is 2.09. The van der Waals surface area contributed by atoms with E-state index in [2.05, 4.69) is 33.6 Å². The number of nitrogens with two attached hydrogens (primary N) is 2. The van der Waals surface area contributed by atoms with Crippen molar-refractivity contribution in [2.45, 2.75) is 31.0 Å². The van der Waals surface area contributed by atoms with Crippen molar-refractivity contribution in [1.82, 2.24) is 20.9 Å². The summed E-state index contributed by atoms with van der Waals surface area (Å²) < 4.78 is 0. The number of rotatable bonds is 12. The number of aromatic nitrogens is 1. The summed E-state index contributed by atoms with van der Waals surface area (Å²) in [6.45, 7) is -0.583. The van der Waals surface area contributed by atoms with Gasteiger partial charge in [0.05, 0.1) is 19.0 Å². The molecule has 2 aromatic rings. The average molecular weight is 479 g/mol. The molecule has 0 saturated carbocycles. The van der Waals surface area contributed by atoms with E-state index >= 15 is 0 Å². The van der Waals surface area contributed by atoms with Crippen LogP contribution in [-0.4, -0.2) is 70.1 Å². The van der Waals surface area contributed by atoms with Crippen LogP contribution >= 0.6 is 12.6 Å². The number of thiol groups is 1. The molecule has 33 heavy (non-hydrogen) atoms. The van der Waals surface area contributed by atoms with Gasteiger partial charge in [0.1, 0.15) is 12.1 Å². The van der Waals surface area contributed by atoms with Crippen molar-refractivity contribution >= 4 is 53.1 Å². The summed E-state index contributed by atoms with van der Waals surface area (Å²) in [5.41, 5.74) is 12.3. The van der Waals surface area contributed by atoms with E-state index in [0.29, 0.717) is 0 Å². The van der Waals surface area contributed by atoms with Crippen molar-refractivity contribution in [2.24, 2.45) is 11.5 Å². The van der Waals surface area contributed by atoms with Crippen molar-refractivity contribution in [3.05, 3.63) is 36.0 Å². The van der Waals surface area contributed by atoms with Gasteiger partial charge in [-0.2, -0.15) is 12.6 Å². The first-order valence-corrected chi connectivity index (χ1v) is 10.6. The molecule has 0 saturated heterocycles. The van der Waals surface area contributed by atoms with Crippen LogP contribution in [0.1, 0.15) is 12.0 Å². The Labute approximate surface area is 194 Å². The molecule has 12 nitrogen and oxygen atoms in total. The Morgan fingerprint density at radius 3 is 2.39 bits per heavy atom. The van der Waals surface area contributed by atoms with Crippen molar-refractivity contribution in [1.29, 1.82) is 0 Å². The van der Waals surface area contributed by atoms with Crippen LogP contribution in [0.5, 0.6) is 0 Å². The van der Waals surface area contributed by atoms with Gasteiger partial charge < -0.3 is 37.5 Å². The maximum Gasteiger partial charge on any atom is 0.326 e. The zero-order valence-electron chi connectivity index (χ0n) is 17.5. The number of aromatic amines is 1. The quantitative estimate of drug-likeness (QED) is 0.161. The smallest absolute Gasteiger partial charge is 0.326 e. The van der Waals surface area contributed by atoms with Gasteiger partial charge in [-0.25, -0.2) is 4.79 Å². The third-order valence-corrected chi connectivity index (χ3v) is 5.12. The summed E-state index contributed by atoms with van der Waals surface area (Å²) in [6, 6.07) is 3.85. The molecule has 3 unspecified atom stereocenters. The third-order valence-electron chi connectivity index (χ3n) is 4.73. The molecule has 0 aliphatic heterocycles. The first kappa shape index (κ1) is 25.7. The van der Waals surface area contributed by atoms with Crippen molar-refractivity contribution in [3.8, 4) is 0 Å². The fourth-order valence-electron chi connectivity index (χ4n) is 3.03. The van der Waals surface area contributed by atoms with E-state index in [0.717, 1.165) is 16.5 Å². The molecule has 13 heteroatoms. The lowest BCUT2D eigenvalue weighted by Gasteiger charge is -2.20. The number of carbonyl (C=O) groups is 5. The molecule has 0 aliphatic carbocycles. The minimum Gasteiger partial charge on any atom is -0.480 e. The van der Waals surface area contributed by atoms with E-state index in [1.165, 1.54) is 0 Å². The Bertz CT molecular complexity index is 1040. The average Bonchev–Trinajstić information content (AvgIpc) is 3.18. The molecule has 4 amide bonds. The second-order valence-corrected chi connectivity index (χ2v) is 7.63. The van der Waals surface area contributed by atoms with Gasteiger partial charge in [-0.15, -0.1) is 0 Å². The van der Waals surface area contributed by atoms with E-state index in [-0.39, 0.29) is 12.2 Å². The molecule has 1 heterocycles. The SMILES string of the molecule is NC(=O)CC(NC(=O)CNC(=O)C(Cc1c[nH]c2ccccc12)NC(=O)C(N)CS)C(=O)O. The molecule has 0 bridgehead atoms. The Hall–Kier alpha value is -3.58. The standard InChI is InChI=1S/C20H26N6O6S/c21-12(9-33)18(29)26-14(5-10-7-23-13-4-2-1-3-11(10)13)19(30)24-8-17(28)25-15(20(31)32)6-16(22)27/h1-4,7,12,14-15,23,33H,5-6,8-9,21H2,(H2,22,27)(H,24,30)(H,25,28)(H,26,29)(H,31,32). The predicted octanol–water partition coefficient (Wildman–Crippen LogP) is -1.99. The van der Waals surface area contributed by atoms with Crippen LogP contribution < -0.4 is 27.4 Å². The number of H-pyrrole nitrogens is 1. The summed E-state index contributed by atoms with van der Waals surface area (Å²) in [6.07, 6.45) is 1.21. The number of primary amides is 1. The summed E-state index contributed by atoms with van der Waals surface area (Å²) in [5.74, 6) is -4.42. The summed E-state index contributed by atoms with van der Waals surface area (Å²) in [5, 5.41) is 16.9. The van der Waals surface area contributed by atoms with Gasteiger partial charge >= 0.3 is 5.97 Å². The van der Waals surface area contributed by atoms with Gasteiger partial charge in [-0.05, 0) is 11.6 Å². The molecule has 0 fully saturated rings. The predicted molar refractivity (Wildman–Crippen MR) is 122 cm³/mol. The van der Waals surface area contributed by atoms with E-state index in [4.69, 9.17) is 16.6 Å². The highest BCUT2D eigenvalue weighted by molar-refractivity contribution is 7.80. The highest BCUT2D eigenvalue weighted by Gasteiger charge is 2.26. The molecule has 178 valence electrons. The Morgan fingerprint density at radius 1 is 1.06 bits per heavy atom. The molecule has 2 rings (SSSR count). The number of para-hydroxylation sites is 1. The normalized spacial score (nSPS) is 13.5. The highest BCUT2D eigenvalue weighted by atomic mass is 32.1. The number of carboxylic acid groups (broad SMARTS) is 1. The number of hydrogen-bond acceptors (Lipinski definition) is 7. The van der Waals surface area contributed by atoms with Crippen molar-refractivity contribution in [3.63, 3.8) is 0 Å². The lowest BCUT2D eigenvalue weighted by molar-refractivity contribution is -0.143. The number of aliphatic carboxylic acids is 1. The fourth-order valence-corrected chi connectivity index (χ4v) is 3.19. The first-order valence-electron chi connectivity index (χ1n) is 9.92. The minimum atomic E-state index is -1.53. The van der Waals surface area contributed by atoms with Crippen LogP contribution in [0.2, 0.25) is 0 Å². The van der Waals surface area contributed by atoms with E-state index in [1.807, 2.05) is 24.3 Å². The number of carboxylic acids is 1. The zero-order chi connectivity index (χ0) is 24.5. The monoisotopic (exact) mass is 478 g/mol. The lowest BCUT2D eigenvalue weighted by atomic mass is 10.0. The van der Waals surface area contributed by atoms with Crippen LogP contribution in [-0.2, 0) is 30.4 Å². The number of fused-ring (bicyclic) bond motifs is 1. The summed E-state index contributed by atoms with van der Waals surface area (Å²) in [7, 11) is 0. The molecule has 0 spiro atoms. The lowest BCUT2D eigenvalue weighted by Crippen LogP contribution is -2.54. The van der Waals surface area contributed by atoms with Gasteiger partial charge in [-0.3, -0.25) is 19.2 Å². The molecule has 1 aromatic heterocycles. The topological polar surface area (TPSA) is 209 Å². The van der Waals surface area contributed by atoms with Gasteiger partial charge in [0, 0.05) is 29.3 Å². The van der Waals surface area contributed by atoms with Gasteiger partial charge in [0.15, 0.2) is 0 Å². The second-order valence-electron chi connectivity index (χ2n) is 7.26. The summed E-state index contributed by atoms with van der Waals surface area (Å²) >= 11 is 3.98. The van der Waals surface area contributed by atoms with Crippen LogP contribution in [0.15, 0.2) is 30.5 Å². The first-order chi connectivity index (χ1) is 15.6. The minimum absolute atomic E-state index is 0.0616. The van der Waals surface area contributed by atoms with Crippen LogP contribution in [0, 0.1) is 0 Å². The third kappa shape index (κ3) is 7.50. The van der Waals surface area contributed by atoms with Gasteiger partial charge in [0.2, 0.25) is 23.6 Å². The second kappa shape index (κ2) is 11.9. The van der Waals surface area contributed by atoms with Crippen molar-refractivity contribution < 1.29 is 29.1 Å². The molecule has 3 atom stereocenters.